The Balaban J connectivity index is 1.32. The molecular weight excluding hydrogens is 434 g/mol. The molecule has 2 fully saturated rings. The summed E-state index contributed by atoms with van der Waals surface area (Å²) in [6.07, 6.45) is 8.84. The first kappa shape index (κ1) is 21.5. The van der Waals surface area contributed by atoms with Crippen LogP contribution in [0.5, 0.6) is 0 Å². The molecule has 1 aliphatic carbocycles. The van der Waals surface area contributed by atoms with Crippen LogP contribution in [0.3, 0.4) is 0 Å². The molecule has 1 saturated heterocycles. The highest BCUT2D eigenvalue weighted by Crippen LogP contribution is 2.49. The molecule has 3 heterocycles. The molecule has 176 valence electrons. The van der Waals surface area contributed by atoms with Crippen molar-refractivity contribution in [3.63, 3.8) is 0 Å². The minimum atomic E-state index is -0.911. The Bertz CT molecular complexity index is 1270. The molecule has 0 bridgehead atoms. The summed E-state index contributed by atoms with van der Waals surface area (Å²) >= 11 is 0. The maximum atomic E-state index is 15.2. The minimum absolute atomic E-state index is 0.00495. The van der Waals surface area contributed by atoms with Gasteiger partial charge in [-0.3, -0.25) is 14.4 Å². The van der Waals surface area contributed by atoms with Crippen LogP contribution in [0.1, 0.15) is 43.2 Å². The maximum Gasteiger partial charge on any atom is 0.239 e. The number of likely N-dealkylation sites (tertiary alicyclic amines) is 1. The highest BCUT2D eigenvalue weighted by molar-refractivity contribution is 6.08. The van der Waals surface area contributed by atoms with E-state index in [0.29, 0.717) is 18.2 Å². The van der Waals surface area contributed by atoms with Gasteiger partial charge in [0.15, 0.2) is 11.6 Å². The number of nitrogens with zero attached hydrogens (tertiary/aromatic N) is 4. The highest BCUT2D eigenvalue weighted by atomic mass is 19.2. The van der Waals surface area contributed by atoms with E-state index in [1.807, 2.05) is 24.3 Å². The van der Waals surface area contributed by atoms with E-state index in [9.17, 15) is 4.79 Å². The average molecular weight is 463 g/mol. The fraction of sp³-hybridized carbons (Fsp3) is 0.407. The van der Waals surface area contributed by atoms with Gasteiger partial charge >= 0.3 is 0 Å². The third kappa shape index (κ3) is 3.21. The minimum Gasteiger partial charge on any atom is -0.307 e. The highest BCUT2D eigenvalue weighted by Gasteiger charge is 2.55. The van der Waals surface area contributed by atoms with Crippen LogP contribution in [0.15, 0.2) is 48.8 Å². The van der Waals surface area contributed by atoms with Crippen LogP contribution in [0.4, 0.5) is 14.5 Å². The van der Waals surface area contributed by atoms with Gasteiger partial charge in [-0.05, 0) is 37.4 Å². The standard InChI is InChI=1S/C27H28F2N4O/c1-31-15-19(14-30-31)21-11-10-18(24(28)25(21)29)16-33-23-9-5-4-8-22(23)27(26(33)34)12-13-32(17-27)20-6-2-3-7-20/h4-5,8-11,14-15,20H,2-3,6-7,12-13,16-17H2,1H3. The second-order valence-electron chi connectivity index (χ2n) is 9.95. The zero-order valence-electron chi connectivity index (χ0n) is 19.3. The van der Waals surface area contributed by atoms with Crippen molar-refractivity contribution < 1.29 is 13.6 Å². The van der Waals surface area contributed by atoms with Crippen LogP contribution in [0.25, 0.3) is 11.1 Å². The van der Waals surface area contributed by atoms with E-state index in [2.05, 4.69) is 10.00 Å². The molecule has 1 aromatic heterocycles. The van der Waals surface area contributed by atoms with Gasteiger partial charge in [-0.1, -0.05) is 43.2 Å². The van der Waals surface area contributed by atoms with Gasteiger partial charge in [-0.2, -0.15) is 5.10 Å². The molecule has 1 unspecified atom stereocenters. The Morgan fingerprint density at radius 2 is 1.88 bits per heavy atom. The molecule has 1 saturated carbocycles. The van der Waals surface area contributed by atoms with Crippen LogP contribution < -0.4 is 4.90 Å². The molecule has 0 radical (unpaired) electrons. The summed E-state index contributed by atoms with van der Waals surface area (Å²) in [6.45, 7) is 1.62. The third-order valence-corrected chi connectivity index (χ3v) is 8.01. The zero-order chi connectivity index (χ0) is 23.4. The van der Waals surface area contributed by atoms with Crippen LogP contribution in [-0.2, 0) is 23.8 Å². The van der Waals surface area contributed by atoms with Crippen molar-refractivity contribution in [2.24, 2.45) is 7.05 Å². The predicted octanol–water partition coefficient (Wildman–Crippen LogP) is 4.80. The number of para-hydroxylation sites is 1. The van der Waals surface area contributed by atoms with Crippen LogP contribution >= 0.6 is 0 Å². The van der Waals surface area contributed by atoms with Gasteiger partial charge in [0, 0.05) is 48.2 Å². The number of hydrogen-bond donors (Lipinski definition) is 0. The molecule has 1 amide bonds. The quantitative estimate of drug-likeness (QED) is 0.560. The first-order chi connectivity index (χ1) is 16.5. The molecule has 1 spiro atoms. The van der Waals surface area contributed by atoms with Crippen molar-refractivity contribution >= 4 is 11.6 Å². The van der Waals surface area contributed by atoms with Gasteiger partial charge in [-0.15, -0.1) is 0 Å². The van der Waals surface area contributed by atoms with E-state index in [4.69, 9.17) is 0 Å². The van der Waals surface area contributed by atoms with E-state index in [-0.39, 0.29) is 23.6 Å². The number of amides is 1. The Labute approximate surface area is 198 Å². The summed E-state index contributed by atoms with van der Waals surface area (Å²) < 4.78 is 31.8. The van der Waals surface area contributed by atoms with Gasteiger partial charge in [0.1, 0.15) is 0 Å². The SMILES string of the molecule is Cn1cc(-c2ccc(CN3C(=O)C4(CCN(C5CCCC5)C4)c4ccccc43)c(F)c2F)cn1. The first-order valence-electron chi connectivity index (χ1n) is 12.1. The maximum absolute atomic E-state index is 15.2. The Kier molecular flexibility index (Phi) is 5.06. The number of aromatic nitrogens is 2. The normalized spacial score (nSPS) is 22.9. The third-order valence-electron chi connectivity index (χ3n) is 8.01. The van der Waals surface area contributed by atoms with Crippen molar-refractivity contribution in [3.8, 4) is 11.1 Å². The smallest absolute Gasteiger partial charge is 0.239 e. The number of hydrogen-bond acceptors (Lipinski definition) is 3. The Morgan fingerprint density at radius 3 is 2.65 bits per heavy atom. The lowest BCUT2D eigenvalue weighted by Gasteiger charge is -2.27. The predicted molar refractivity (Wildman–Crippen MR) is 126 cm³/mol. The molecular formula is C27H28F2N4O. The average Bonchev–Trinajstić information content (AvgIpc) is 3.63. The van der Waals surface area contributed by atoms with Crippen molar-refractivity contribution in [1.82, 2.24) is 14.7 Å². The monoisotopic (exact) mass is 462 g/mol. The van der Waals surface area contributed by atoms with Crippen molar-refractivity contribution in [3.05, 3.63) is 71.6 Å². The van der Waals surface area contributed by atoms with Crippen molar-refractivity contribution in [2.45, 2.75) is 50.1 Å². The van der Waals surface area contributed by atoms with Crippen molar-refractivity contribution in [2.75, 3.05) is 18.0 Å². The van der Waals surface area contributed by atoms with E-state index >= 15 is 8.78 Å². The number of benzene rings is 2. The molecule has 1 atom stereocenters. The molecule has 34 heavy (non-hydrogen) atoms. The van der Waals surface area contributed by atoms with Crippen LogP contribution in [0, 0.1) is 11.6 Å². The molecule has 2 aromatic carbocycles. The van der Waals surface area contributed by atoms with Crippen LogP contribution in [0.2, 0.25) is 0 Å². The number of carbonyl (C=O) groups excluding carboxylic acids is 1. The molecule has 5 nitrogen and oxygen atoms in total. The second-order valence-corrected chi connectivity index (χ2v) is 9.95. The Hall–Kier alpha value is -3.06. The summed E-state index contributed by atoms with van der Waals surface area (Å²) in [5, 5.41) is 4.05. The number of halogens is 2. The molecule has 2 aliphatic heterocycles. The number of anilines is 1. The van der Waals surface area contributed by atoms with E-state index in [1.54, 1.807) is 35.0 Å². The van der Waals surface area contributed by atoms with Gasteiger partial charge in [0.05, 0.1) is 18.2 Å². The summed E-state index contributed by atoms with van der Waals surface area (Å²) in [7, 11) is 1.73. The molecule has 7 heteroatoms. The molecule has 3 aliphatic rings. The van der Waals surface area contributed by atoms with Gasteiger partial charge < -0.3 is 4.90 Å². The fourth-order valence-corrected chi connectivity index (χ4v) is 6.23. The summed E-state index contributed by atoms with van der Waals surface area (Å²) in [4.78, 5) is 18.1. The zero-order valence-corrected chi connectivity index (χ0v) is 19.3. The van der Waals surface area contributed by atoms with E-state index < -0.39 is 17.0 Å². The summed E-state index contributed by atoms with van der Waals surface area (Å²) in [5.74, 6) is -1.81. The van der Waals surface area contributed by atoms with E-state index in [0.717, 1.165) is 24.2 Å². The second kappa shape index (κ2) is 8.01. The van der Waals surface area contributed by atoms with E-state index in [1.165, 1.54) is 31.9 Å². The lowest BCUT2D eigenvalue weighted by molar-refractivity contribution is -0.123. The van der Waals surface area contributed by atoms with Crippen molar-refractivity contribution in [1.29, 1.82) is 0 Å². The van der Waals surface area contributed by atoms with Gasteiger partial charge in [0.25, 0.3) is 0 Å². The molecule has 6 rings (SSSR count). The summed E-state index contributed by atoms with van der Waals surface area (Å²) in [6, 6.07) is 11.6. The largest absolute Gasteiger partial charge is 0.307 e. The lowest BCUT2D eigenvalue weighted by atomic mass is 9.81. The topological polar surface area (TPSA) is 41.4 Å². The fourth-order valence-electron chi connectivity index (χ4n) is 6.23. The molecule has 3 aromatic rings. The molecule has 0 N–H and O–H groups in total. The number of carbonyl (C=O) groups is 1. The number of fused-ring (bicyclic) bond motifs is 2. The van der Waals surface area contributed by atoms with Crippen LogP contribution in [-0.4, -0.2) is 39.7 Å². The Morgan fingerprint density at radius 1 is 1.09 bits per heavy atom. The van der Waals surface area contributed by atoms with Gasteiger partial charge in [0.2, 0.25) is 5.91 Å². The number of rotatable bonds is 4. The lowest BCUT2D eigenvalue weighted by Crippen LogP contribution is -2.43. The van der Waals surface area contributed by atoms with Gasteiger partial charge in [-0.25, -0.2) is 8.78 Å². The number of aryl methyl sites for hydroxylation is 1. The summed E-state index contributed by atoms with van der Waals surface area (Å²) in [5.41, 5.74) is 2.11. The first-order valence-corrected chi connectivity index (χ1v) is 12.1.